The second kappa shape index (κ2) is 5.27. The van der Waals surface area contributed by atoms with Crippen LogP contribution in [0.4, 0.5) is 0 Å². The van der Waals surface area contributed by atoms with E-state index in [1.54, 1.807) is 0 Å². The molecule has 0 aliphatic carbocycles. The molecule has 1 heterocycles. The van der Waals surface area contributed by atoms with Crippen LogP contribution in [0, 0.1) is 0 Å². The third kappa shape index (κ3) is 3.71. The maximum absolute atomic E-state index is 12.2. The first kappa shape index (κ1) is 15.0. The normalized spacial score (nSPS) is 12.4. The van der Waals surface area contributed by atoms with Crippen LogP contribution in [0.5, 0.6) is 0 Å². The van der Waals surface area contributed by atoms with Gasteiger partial charge in [-0.25, -0.2) is 17.2 Å². The van der Waals surface area contributed by atoms with Gasteiger partial charge in [-0.05, 0) is 18.2 Å². The van der Waals surface area contributed by atoms with Crippen LogP contribution in [-0.4, -0.2) is 39.3 Å². The molecule has 18 heavy (non-hydrogen) atoms. The minimum Gasteiger partial charge on any atom is -0.464 e. The molecule has 0 spiro atoms. The number of carbonyl (C=O) groups excluding carboxylic acids is 1. The van der Waals surface area contributed by atoms with Crippen molar-refractivity contribution in [2.45, 2.75) is 25.7 Å². The second-order valence-electron chi connectivity index (χ2n) is 5.31. The van der Waals surface area contributed by atoms with E-state index >= 15 is 0 Å². The van der Waals surface area contributed by atoms with Crippen molar-refractivity contribution in [3.05, 3.63) is 24.0 Å². The fourth-order valence-corrected chi connectivity index (χ4v) is 5.77. The van der Waals surface area contributed by atoms with Crippen LogP contribution in [0.1, 0.15) is 10.5 Å². The molecule has 0 atom stereocenters. The van der Waals surface area contributed by atoms with Crippen molar-refractivity contribution >= 4 is 24.1 Å². The number of hydrogen-bond acceptors (Lipinski definition) is 4. The summed E-state index contributed by atoms with van der Waals surface area (Å²) >= 11 is 0. The number of ether oxygens (including phenoxy) is 1. The summed E-state index contributed by atoms with van der Waals surface area (Å²) in [6.07, 6.45) is 1.38. The van der Waals surface area contributed by atoms with Crippen molar-refractivity contribution in [3.8, 4) is 0 Å². The second-order valence-corrected chi connectivity index (χ2v) is 12.9. The van der Waals surface area contributed by atoms with Crippen LogP contribution in [0.25, 0.3) is 0 Å². The average molecular weight is 289 g/mol. The molecular weight excluding hydrogens is 270 g/mol. The van der Waals surface area contributed by atoms with E-state index in [4.69, 9.17) is 0 Å². The molecule has 0 unspecified atom stereocenters. The maximum Gasteiger partial charge on any atom is 0.355 e. The Kier molecular flexibility index (Phi) is 4.39. The molecule has 0 saturated heterocycles. The molecule has 0 aliphatic rings. The SMILES string of the molecule is COC(=O)c1cccn1S(=O)(=O)CC[Si](C)(C)C. The molecule has 1 aromatic rings. The highest BCUT2D eigenvalue weighted by Gasteiger charge is 2.24. The molecule has 0 aromatic carbocycles. The van der Waals surface area contributed by atoms with Gasteiger partial charge in [0.25, 0.3) is 0 Å². The molecule has 1 aromatic heterocycles. The van der Waals surface area contributed by atoms with E-state index in [-0.39, 0.29) is 11.4 Å². The van der Waals surface area contributed by atoms with Gasteiger partial charge in [-0.3, -0.25) is 0 Å². The van der Waals surface area contributed by atoms with E-state index in [0.717, 1.165) is 3.97 Å². The molecule has 102 valence electrons. The maximum atomic E-state index is 12.2. The smallest absolute Gasteiger partial charge is 0.355 e. The number of esters is 1. The van der Waals surface area contributed by atoms with E-state index in [1.807, 2.05) is 0 Å². The van der Waals surface area contributed by atoms with Gasteiger partial charge in [0, 0.05) is 14.3 Å². The molecule has 0 N–H and O–H groups in total. The Morgan fingerprint density at radius 3 is 2.50 bits per heavy atom. The van der Waals surface area contributed by atoms with E-state index in [9.17, 15) is 13.2 Å². The highest BCUT2D eigenvalue weighted by atomic mass is 32.2. The molecule has 0 aliphatic heterocycles. The summed E-state index contributed by atoms with van der Waals surface area (Å²) in [5.41, 5.74) is 0.0491. The monoisotopic (exact) mass is 289 g/mol. The van der Waals surface area contributed by atoms with Crippen LogP contribution in [0.3, 0.4) is 0 Å². The number of nitrogens with zero attached hydrogens (tertiary/aromatic N) is 1. The Balaban J connectivity index is 2.99. The number of methoxy groups -OCH3 is 1. The largest absolute Gasteiger partial charge is 0.464 e. The third-order valence-electron chi connectivity index (χ3n) is 2.52. The van der Waals surface area contributed by atoms with Gasteiger partial charge < -0.3 is 4.74 Å². The zero-order valence-electron chi connectivity index (χ0n) is 11.1. The fraction of sp³-hybridized carbons (Fsp3) is 0.545. The summed E-state index contributed by atoms with van der Waals surface area (Å²) < 4.78 is 29.9. The van der Waals surface area contributed by atoms with Crippen molar-refractivity contribution in [3.63, 3.8) is 0 Å². The Bertz CT molecular complexity index is 527. The lowest BCUT2D eigenvalue weighted by atomic mass is 10.4. The van der Waals surface area contributed by atoms with Gasteiger partial charge in [-0.15, -0.1) is 0 Å². The first-order chi connectivity index (χ1) is 8.17. The molecule has 1 rings (SSSR count). The third-order valence-corrected chi connectivity index (χ3v) is 6.27. The minimum absolute atomic E-state index is 0.0491. The first-order valence-corrected chi connectivity index (χ1v) is 11.0. The van der Waals surface area contributed by atoms with Crippen molar-refractivity contribution < 1.29 is 17.9 Å². The Morgan fingerprint density at radius 2 is 2.00 bits per heavy atom. The Hall–Kier alpha value is -1.08. The molecule has 0 bridgehead atoms. The number of hydrogen-bond donors (Lipinski definition) is 0. The number of aromatic nitrogens is 1. The molecule has 7 heteroatoms. The summed E-state index contributed by atoms with van der Waals surface area (Å²) in [6, 6.07) is 3.63. The van der Waals surface area contributed by atoms with Crippen molar-refractivity contribution in [2.75, 3.05) is 12.9 Å². The predicted molar refractivity (Wildman–Crippen MR) is 73.1 cm³/mol. The molecule has 0 saturated carbocycles. The van der Waals surface area contributed by atoms with Gasteiger partial charge in [0.1, 0.15) is 5.69 Å². The minimum atomic E-state index is -3.49. The molecule has 5 nitrogen and oxygen atoms in total. The Morgan fingerprint density at radius 1 is 1.39 bits per heavy atom. The lowest BCUT2D eigenvalue weighted by Gasteiger charge is -2.16. The topological polar surface area (TPSA) is 65.4 Å². The summed E-state index contributed by atoms with van der Waals surface area (Å²) in [5, 5.41) is 0. The molecule has 0 fully saturated rings. The van der Waals surface area contributed by atoms with E-state index < -0.39 is 24.1 Å². The van der Waals surface area contributed by atoms with E-state index in [1.165, 1.54) is 25.4 Å². The van der Waals surface area contributed by atoms with Gasteiger partial charge in [0.15, 0.2) is 0 Å². The zero-order chi connectivity index (χ0) is 14.0. The fourth-order valence-electron chi connectivity index (χ4n) is 1.40. The van der Waals surface area contributed by atoms with Gasteiger partial charge in [0.2, 0.25) is 10.0 Å². The summed E-state index contributed by atoms with van der Waals surface area (Å²) in [5.74, 6) is -0.585. The molecule has 0 amide bonds. The molecular formula is C11H19NO4SSi. The number of carbonyl (C=O) groups is 1. The first-order valence-electron chi connectivity index (χ1n) is 5.66. The average Bonchev–Trinajstić information content (AvgIpc) is 2.74. The van der Waals surface area contributed by atoms with Crippen LogP contribution in [-0.2, 0) is 14.8 Å². The molecule has 0 radical (unpaired) electrons. The van der Waals surface area contributed by atoms with Crippen LogP contribution in [0.2, 0.25) is 25.7 Å². The van der Waals surface area contributed by atoms with E-state index in [2.05, 4.69) is 24.4 Å². The highest BCUT2D eigenvalue weighted by Crippen LogP contribution is 2.14. The van der Waals surface area contributed by atoms with Crippen LogP contribution in [0.15, 0.2) is 18.3 Å². The van der Waals surface area contributed by atoms with Crippen molar-refractivity contribution in [1.29, 1.82) is 0 Å². The zero-order valence-corrected chi connectivity index (χ0v) is 13.0. The van der Waals surface area contributed by atoms with Crippen LogP contribution >= 0.6 is 0 Å². The van der Waals surface area contributed by atoms with Gasteiger partial charge in [-0.1, -0.05) is 19.6 Å². The van der Waals surface area contributed by atoms with Gasteiger partial charge in [0.05, 0.1) is 12.9 Å². The van der Waals surface area contributed by atoms with Gasteiger partial charge >= 0.3 is 5.97 Å². The lowest BCUT2D eigenvalue weighted by Crippen LogP contribution is -2.27. The summed E-state index contributed by atoms with van der Waals surface area (Å²) in [4.78, 5) is 11.4. The van der Waals surface area contributed by atoms with Gasteiger partial charge in [-0.2, -0.15) is 0 Å². The summed E-state index contributed by atoms with van der Waals surface area (Å²) in [7, 11) is -3.70. The standard InChI is InChI=1S/C11H19NO4SSi/c1-16-11(13)10-6-5-7-12(10)17(14,15)8-9-18(2,3)4/h5-7H,8-9H2,1-4H3. The van der Waals surface area contributed by atoms with Crippen molar-refractivity contribution in [2.24, 2.45) is 0 Å². The van der Waals surface area contributed by atoms with Crippen LogP contribution < -0.4 is 0 Å². The quantitative estimate of drug-likeness (QED) is 0.612. The predicted octanol–water partition coefficient (Wildman–Crippen LogP) is 1.79. The summed E-state index contributed by atoms with van der Waals surface area (Å²) in [6.45, 7) is 6.33. The number of rotatable bonds is 5. The van der Waals surface area contributed by atoms with Crippen molar-refractivity contribution in [1.82, 2.24) is 3.97 Å². The Labute approximate surface area is 109 Å². The highest BCUT2D eigenvalue weighted by molar-refractivity contribution is 7.90. The van der Waals surface area contributed by atoms with E-state index in [0.29, 0.717) is 6.04 Å². The lowest BCUT2D eigenvalue weighted by molar-refractivity contribution is 0.0593.